The first-order valence-corrected chi connectivity index (χ1v) is 5.62. The minimum Gasteiger partial charge on any atom is -0.379 e. The van der Waals surface area contributed by atoms with Gasteiger partial charge in [-0.05, 0) is 41.3 Å². The average Bonchev–Trinajstić information content (AvgIpc) is 2.67. The monoisotopic (exact) mass is 205 g/mol. The molecular formula is C12H13OS. The summed E-state index contributed by atoms with van der Waals surface area (Å²) in [7, 11) is 3.37. The first-order valence-electron chi connectivity index (χ1n) is 4.74. The van der Waals surface area contributed by atoms with Crippen LogP contribution < -0.4 is 0 Å². The number of thiophene rings is 1. The van der Waals surface area contributed by atoms with Gasteiger partial charge >= 0.3 is 0 Å². The van der Waals surface area contributed by atoms with Crippen molar-refractivity contribution in [3.05, 3.63) is 42.3 Å². The third-order valence-corrected chi connectivity index (χ3v) is 3.20. The highest BCUT2D eigenvalue weighted by atomic mass is 32.1. The van der Waals surface area contributed by atoms with Gasteiger partial charge in [0, 0.05) is 11.3 Å². The molecule has 1 aromatic heterocycles. The van der Waals surface area contributed by atoms with Crippen LogP contribution in [0.3, 0.4) is 0 Å². The molecule has 2 aromatic rings. The topological polar surface area (TPSA) is 9.23 Å². The largest absolute Gasteiger partial charge is 0.379 e. The first kappa shape index (κ1) is 9.69. The highest BCUT2D eigenvalue weighted by molar-refractivity contribution is 7.17. The molecule has 1 aromatic carbocycles. The van der Waals surface area contributed by atoms with Gasteiger partial charge in [-0.15, -0.1) is 11.3 Å². The van der Waals surface area contributed by atoms with E-state index in [9.17, 15) is 0 Å². The van der Waals surface area contributed by atoms with Crippen LogP contribution in [0, 0.1) is 7.11 Å². The average molecular weight is 205 g/mol. The maximum Gasteiger partial charge on any atom is 0.0700 e. The molecule has 0 unspecified atom stereocenters. The van der Waals surface area contributed by atoms with Crippen LogP contribution in [0.15, 0.2) is 29.6 Å². The lowest BCUT2D eigenvalue weighted by atomic mass is 10.1. The van der Waals surface area contributed by atoms with Gasteiger partial charge in [0.05, 0.1) is 7.11 Å². The summed E-state index contributed by atoms with van der Waals surface area (Å²) in [6.07, 6.45) is 2.11. The van der Waals surface area contributed by atoms with Gasteiger partial charge in [0.15, 0.2) is 0 Å². The number of aryl methyl sites for hydroxylation is 1. The van der Waals surface area contributed by atoms with E-state index in [0.29, 0.717) is 0 Å². The molecule has 73 valence electrons. The molecule has 0 atom stereocenters. The number of rotatable bonds is 4. The zero-order valence-electron chi connectivity index (χ0n) is 8.03. The molecular weight excluding hydrogens is 192 g/mol. The summed E-state index contributed by atoms with van der Waals surface area (Å²) in [4.78, 5) is 0. The Labute approximate surface area is 88.3 Å². The fraction of sp³-hybridized carbons (Fsp3) is 0.250. The lowest BCUT2D eigenvalue weighted by Gasteiger charge is -2.02. The Bertz CT molecular complexity index is 405. The van der Waals surface area contributed by atoms with Crippen molar-refractivity contribution >= 4 is 21.4 Å². The normalized spacial score (nSPS) is 10.9. The van der Waals surface area contributed by atoms with Crippen LogP contribution in [0.2, 0.25) is 0 Å². The van der Waals surface area contributed by atoms with Crippen LogP contribution >= 0.6 is 11.3 Å². The molecule has 2 heteroatoms. The van der Waals surface area contributed by atoms with Crippen molar-refractivity contribution in [3.63, 3.8) is 0 Å². The Kier molecular flexibility index (Phi) is 3.17. The van der Waals surface area contributed by atoms with E-state index in [0.717, 1.165) is 19.4 Å². The van der Waals surface area contributed by atoms with Gasteiger partial charge in [-0.2, -0.15) is 0 Å². The fourth-order valence-electron chi connectivity index (χ4n) is 1.64. The Morgan fingerprint density at radius 3 is 3.07 bits per heavy atom. The molecule has 14 heavy (non-hydrogen) atoms. The molecule has 0 fully saturated rings. The van der Waals surface area contributed by atoms with E-state index in [2.05, 4.69) is 36.8 Å². The fourth-order valence-corrected chi connectivity index (χ4v) is 2.47. The molecule has 0 spiro atoms. The minimum atomic E-state index is 0.737. The van der Waals surface area contributed by atoms with Crippen molar-refractivity contribution in [3.8, 4) is 0 Å². The number of ether oxygens (including phenoxy) is 1. The van der Waals surface area contributed by atoms with Gasteiger partial charge < -0.3 is 4.74 Å². The number of hydrogen-bond acceptors (Lipinski definition) is 2. The van der Waals surface area contributed by atoms with E-state index in [1.54, 1.807) is 11.3 Å². The molecule has 1 nitrogen and oxygen atoms in total. The Morgan fingerprint density at radius 1 is 1.29 bits per heavy atom. The van der Waals surface area contributed by atoms with Crippen LogP contribution in [0.1, 0.15) is 12.0 Å². The molecule has 0 N–H and O–H groups in total. The van der Waals surface area contributed by atoms with E-state index in [1.165, 1.54) is 15.6 Å². The third-order valence-electron chi connectivity index (χ3n) is 2.32. The summed E-state index contributed by atoms with van der Waals surface area (Å²) < 4.78 is 6.18. The van der Waals surface area contributed by atoms with Crippen LogP contribution in [0.5, 0.6) is 0 Å². The molecule has 0 aliphatic rings. The lowest BCUT2D eigenvalue weighted by Crippen LogP contribution is -1.91. The SMILES string of the molecule is [CH2]OCCCc1cccc2sccc12. The summed E-state index contributed by atoms with van der Waals surface area (Å²) in [6, 6.07) is 8.68. The highest BCUT2D eigenvalue weighted by Crippen LogP contribution is 2.24. The van der Waals surface area contributed by atoms with Crippen LogP contribution in [-0.2, 0) is 11.2 Å². The molecule has 0 bridgehead atoms. The van der Waals surface area contributed by atoms with Gasteiger partial charge in [0.1, 0.15) is 0 Å². The van der Waals surface area contributed by atoms with Crippen molar-refractivity contribution in [2.24, 2.45) is 0 Å². The van der Waals surface area contributed by atoms with Crippen molar-refractivity contribution < 1.29 is 4.74 Å². The van der Waals surface area contributed by atoms with E-state index in [1.807, 2.05) is 0 Å². The lowest BCUT2D eigenvalue weighted by molar-refractivity contribution is 0.238. The van der Waals surface area contributed by atoms with Gasteiger partial charge in [0.25, 0.3) is 0 Å². The van der Waals surface area contributed by atoms with E-state index in [4.69, 9.17) is 4.74 Å². The van der Waals surface area contributed by atoms with Crippen LogP contribution in [0.25, 0.3) is 10.1 Å². The quantitative estimate of drug-likeness (QED) is 0.692. The smallest absolute Gasteiger partial charge is 0.0700 e. The van der Waals surface area contributed by atoms with Gasteiger partial charge in [-0.3, -0.25) is 0 Å². The summed E-state index contributed by atoms with van der Waals surface area (Å²) in [5.74, 6) is 0. The van der Waals surface area contributed by atoms with Crippen molar-refractivity contribution in [1.82, 2.24) is 0 Å². The summed E-state index contributed by atoms with van der Waals surface area (Å²) in [5, 5.41) is 3.54. The number of benzene rings is 1. The zero-order valence-corrected chi connectivity index (χ0v) is 8.85. The van der Waals surface area contributed by atoms with Crippen molar-refractivity contribution in [2.45, 2.75) is 12.8 Å². The predicted octanol–water partition coefficient (Wildman–Crippen LogP) is 3.64. The first-order chi connectivity index (χ1) is 6.92. The standard InChI is InChI=1S/C12H13OS/c1-13-8-3-5-10-4-2-6-12-11(10)7-9-14-12/h2,4,6-7,9H,1,3,5,8H2. The maximum absolute atomic E-state index is 4.81. The molecule has 0 amide bonds. The Balaban J connectivity index is 2.19. The second kappa shape index (κ2) is 4.58. The van der Waals surface area contributed by atoms with Crippen LogP contribution in [-0.4, -0.2) is 6.61 Å². The number of fused-ring (bicyclic) bond motifs is 1. The van der Waals surface area contributed by atoms with E-state index >= 15 is 0 Å². The predicted molar refractivity (Wildman–Crippen MR) is 61.5 cm³/mol. The molecule has 0 saturated heterocycles. The minimum absolute atomic E-state index is 0.737. The van der Waals surface area contributed by atoms with Gasteiger partial charge in [0.2, 0.25) is 0 Å². The maximum atomic E-state index is 4.81. The molecule has 2 rings (SSSR count). The summed E-state index contributed by atoms with van der Waals surface area (Å²) in [6.45, 7) is 0.737. The zero-order chi connectivity index (χ0) is 9.80. The third kappa shape index (κ3) is 1.97. The highest BCUT2D eigenvalue weighted by Gasteiger charge is 2.00. The van der Waals surface area contributed by atoms with E-state index in [-0.39, 0.29) is 0 Å². The summed E-state index contributed by atoms with van der Waals surface area (Å²) in [5.41, 5.74) is 1.42. The summed E-state index contributed by atoms with van der Waals surface area (Å²) >= 11 is 1.80. The van der Waals surface area contributed by atoms with Crippen molar-refractivity contribution in [2.75, 3.05) is 6.61 Å². The Hall–Kier alpha value is -0.860. The van der Waals surface area contributed by atoms with Crippen molar-refractivity contribution in [1.29, 1.82) is 0 Å². The number of hydrogen-bond donors (Lipinski definition) is 0. The second-order valence-corrected chi connectivity index (χ2v) is 4.21. The molecule has 0 aliphatic heterocycles. The molecule has 0 saturated carbocycles. The van der Waals surface area contributed by atoms with Crippen LogP contribution in [0.4, 0.5) is 0 Å². The molecule has 1 radical (unpaired) electrons. The molecule has 1 heterocycles. The van der Waals surface area contributed by atoms with Gasteiger partial charge in [-0.1, -0.05) is 12.1 Å². The van der Waals surface area contributed by atoms with E-state index < -0.39 is 0 Å². The molecule has 0 aliphatic carbocycles. The van der Waals surface area contributed by atoms with Gasteiger partial charge in [-0.25, -0.2) is 0 Å². The Morgan fingerprint density at radius 2 is 2.21 bits per heavy atom. The second-order valence-electron chi connectivity index (χ2n) is 3.26.